The van der Waals surface area contributed by atoms with Gasteiger partial charge in [-0.3, -0.25) is 4.79 Å². The number of benzene rings is 1. The third-order valence-corrected chi connectivity index (χ3v) is 4.32. The minimum Gasteiger partial charge on any atom is -0.399 e. The molecule has 3 rings (SSSR count). The Morgan fingerprint density at radius 1 is 1.40 bits per heavy atom. The number of fused-ring (bicyclic) bond motifs is 1. The minimum atomic E-state index is -0.0947. The molecule has 0 spiro atoms. The van der Waals surface area contributed by atoms with Crippen molar-refractivity contribution in [2.45, 2.75) is 13.0 Å². The van der Waals surface area contributed by atoms with E-state index in [2.05, 4.69) is 10.3 Å². The summed E-state index contributed by atoms with van der Waals surface area (Å²) in [6.45, 7) is 1.98. The van der Waals surface area contributed by atoms with Crippen LogP contribution in [-0.4, -0.2) is 10.9 Å². The van der Waals surface area contributed by atoms with Gasteiger partial charge >= 0.3 is 0 Å². The molecule has 2 aromatic heterocycles. The van der Waals surface area contributed by atoms with Crippen LogP contribution in [0.1, 0.15) is 28.2 Å². The molecule has 0 bridgehead atoms. The van der Waals surface area contributed by atoms with Crippen molar-refractivity contribution in [3.05, 3.63) is 52.3 Å². The number of hydrogen-bond acceptors (Lipinski definition) is 3. The Morgan fingerprint density at radius 2 is 2.25 bits per heavy atom. The van der Waals surface area contributed by atoms with E-state index in [9.17, 15) is 4.79 Å². The van der Waals surface area contributed by atoms with Crippen LogP contribution >= 0.6 is 11.3 Å². The van der Waals surface area contributed by atoms with E-state index in [0.29, 0.717) is 11.3 Å². The van der Waals surface area contributed by atoms with Crippen LogP contribution in [0.5, 0.6) is 0 Å². The Labute approximate surface area is 120 Å². The standard InChI is InChI=1S/C15H15N3OS/c1-9(14-3-2-6-20-14)18-15(19)12-8-17-13-5-4-10(16)7-11(12)13/h2-9,17H,16H2,1H3,(H,18,19). The van der Waals surface area contributed by atoms with Gasteiger partial charge in [-0.25, -0.2) is 0 Å². The lowest BCUT2D eigenvalue weighted by Crippen LogP contribution is -2.25. The molecular formula is C15H15N3OS. The number of rotatable bonds is 3. The summed E-state index contributed by atoms with van der Waals surface area (Å²) in [5.41, 5.74) is 7.97. The fourth-order valence-electron chi connectivity index (χ4n) is 2.21. The number of aromatic nitrogens is 1. The molecule has 102 valence electrons. The lowest BCUT2D eigenvalue weighted by atomic mass is 10.1. The summed E-state index contributed by atoms with van der Waals surface area (Å²) >= 11 is 1.63. The van der Waals surface area contributed by atoms with Crippen molar-refractivity contribution in [1.82, 2.24) is 10.3 Å². The summed E-state index contributed by atoms with van der Waals surface area (Å²) in [6, 6.07) is 9.50. The summed E-state index contributed by atoms with van der Waals surface area (Å²) in [4.78, 5) is 16.6. The van der Waals surface area contributed by atoms with Gasteiger partial charge in [-0.2, -0.15) is 0 Å². The third kappa shape index (κ3) is 2.28. The molecular weight excluding hydrogens is 270 g/mol. The molecule has 4 nitrogen and oxygen atoms in total. The molecule has 20 heavy (non-hydrogen) atoms. The molecule has 1 amide bonds. The molecule has 4 N–H and O–H groups in total. The van der Waals surface area contributed by atoms with Crippen LogP contribution in [0.4, 0.5) is 5.69 Å². The van der Waals surface area contributed by atoms with Crippen molar-refractivity contribution in [1.29, 1.82) is 0 Å². The highest BCUT2D eigenvalue weighted by molar-refractivity contribution is 7.10. The van der Waals surface area contributed by atoms with E-state index in [-0.39, 0.29) is 11.9 Å². The maximum atomic E-state index is 12.4. The van der Waals surface area contributed by atoms with Gasteiger partial charge in [0, 0.05) is 27.7 Å². The van der Waals surface area contributed by atoms with Gasteiger partial charge in [-0.05, 0) is 36.6 Å². The summed E-state index contributed by atoms with van der Waals surface area (Å²) in [7, 11) is 0. The van der Waals surface area contributed by atoms with Crippen LogP contribution in [0, 0.1) is 0 Å². The van der Waals surface area contributed by atoms with Crippen molar-refractivity contribution in [3.63, 3.8) is 0 Å². The minimum absolute atomic E-state index is 0.00601. The molecule has 0 radical (unpaired) electrons. The zero-order chi connectivity index (χ0) is 14.1. The third-order valence-electron chi connectivity index (χ3n) is 3.27. The number of carbonyl (C=O) groups excluding carboxylic acids is 1. The van der Waals surface area contributed by atoms with Crippen molar-refractivity contribution < 1.29 is 4.79 Å². The van der Waals surface area contributed by atoms with Crippen LogP contribution in [0.3, 0.4) is 0 Å². The zero-order valence-electron chi connectivity index (χ0n) is 11.0. The summed E-state index contributed by atoms with van der Waals surface area (Å²) in [5, 5.41) is 5.86. The number of carbonyl (C=O) groups is 1. The van der Waals surface area contributed by atoms with Gasteiger partial charge in [0.15, 0.2) is 0 Å². The van der Waals surface area contributed by atoms with Gasteiger partial charge in [0.25, 0.3) is 5.91 Å². The first-order valence-corrected chi connectivity index (χ1v) is 7.24. The Kier molecular flexibility index (Phi) is 3.20. The molecule has 5 heteroatoms. The van der Waals surface area contributed by atoms with E-state index in [4.69, 9.17) is 5.73 Å². The topological polar surface area (TPSA) is 70.9 Å². The molecule has 0 aliphatic carbocycles. The van der Waals surface area contributed by atoms with E-state index < -0.39 is 0 Å². The maximum absolute atomic E-state index is 12.4. The number of hydrogen-bond donors (Lipinski definition) is 3. The molecule has 0 aliphatic heterocycles. The lowest BCUT2D eigenvalue weighted by molar-refractivity contribution is 0.0942. The first kappa shape index (κ1) is 12.7. The molecule has 1 aromatic carbocycles. The number of H-pyrrole nitrogens is 1. The summed E-state index contributed by atoms with van der Waals surface area (Å²) < 4.78 is 0. The van der Waals surface area contributed by atoms with Crippen LogP contribution in [0.15, 0.2) is 41.9 Å². The van der Waals surface area contributed by atoms with E-state index in [1.54, 1.807) is 17.5 Å². The van der Waals surface area contributed by atoms with Crippen LogP contribution in [0.25, 0.3) is 10.9 Å². The first-order valence-electron chi connectivity index (χ1n) is 6.36. The van der Waals surface area contributed by atoms with Crippen molar-refractivity contribution in [2.24, 2.45) is 0 Å². The van der Waals surface area contributed by atoms with E-state index in [0.717, 1.165) is 15.8 Å². The molecule has 0 saturated heterocycles. The fourth-order valence-corrected chi connectivity index (χ4v) is 2.94. The SMILES string of the molecule is CC(NC(=O)c1c[nH]c2ccc(N)cc12)c1cccs1. The highest BCUT2D eigenvalue weighted by Crippen LogP contribution is 2.23. The monoisotopic (exact) mass is 285 g/mol. The highest BCUT2D eigenvalue weighted by atomic mass is 32.1. The van der Waals surface area contributed by atoms with Gasteiger partial charge in [-0.1, -0.05) is 6.07 Å². The second-order valence-corrected chi connectivity index (χ2v) is 5.70. The molecule has 3 aromatic rings. The quantitative estimate of drug-likeness (QED) is 0.646. The molecule has 1 unspecified atom stereocenters. The van der Waals surface area contributed by atoms with Crippen LogP contribution in [0.2, 0.25) is 0 Å². The predicted octanol–water partition coefficient (Wildman–Crippen LogP) is 3.30. The Hall–Kier alpha value is -2.27. The van der Waals surface area contributed by atoms with Crippen molar-refractivity contribution in [2.75, 3.05) is 5.73 Å². The Morgan fingerprint density at radius 3 is 3.00 bits per heavy atom. The molecule has 0 aliphatic rings. The average molecular weight is 285 g/mol. The predicted molar refractivity (Wildman–Crippen MR) is 82.9 cm³/mol. The first-order chi connectivity index (χ1) is 9.65. The number of amides is 1. The number of nitrogens with two attached hydrogens (primary N) is 1. The van der Waals surface area contributed by atoms with Gasteiger partial charge in [0.05, 0.1) is 11.6 Å². The van der Waals surface area contributed by atoms with Gasteiger partial charge < -0.3 is 16.0 Å². The van der Waals surface area contributed by atoms with E-state index in [1.165, 1.54) is 0 Å². The van der Waals surface area contributed by atoms with Gasteiger partial charge in [0.1, 0.15) is 0 Å². The smallest absolute Gasteiger partial charge is 0.253 e. The zero-order valence-corrected chi connectivity index (χ0v) is 11.8. The normalized spacial score (nSPS) is 12.4. The van der Waals surface area contributed by atoms with Gasteiger partial charge in [-0.15, -0.1) is 11.3 Å². The molecule has 2 heterocycles. The molecule has 0 saturated carbocycles. The fraction of sp³-hybridized carbons (Fsp3) is 0.133. The van der Waals surface area contributed by atoms with Gasteiger partial charge in [0.2, 0.25) is 0 Å². The largest absolute Gasteiger partial charge is 0.399 e. The van der Waals surface area contributed by atoms with E-state index >= 15 is 0 Å². The lowest BCUT2D eigenvalue weighted by Gasteiger charge is -2.11. The number of nitrogens with one attached hydrogen (secondary N) is 2. The number of thiophene rings is 1. The number of nitrogen functional groups attached to an aromatic ring is 1. The molecule has 0 fully saturated rings. The Bertz CT molecular complexity index is 746. The van der Waals surface area contributed by atoms with Crippen LogP contribution in [-0.2, 0) is 0 Å². The summed E-state index contributed by atoms with van der Waals surface area (Å²) in [6.07, 6.45) is 1.72. The number of anilines is 1. The summed E-state index contributed by atoms with van der Waals surface area (Å²) in [5.74, 6) is -0.0947. The van der Waals surface area contributed by atoms with E-state index in [1.807, 2.05) is 42.6 Å². The second-order valence-electron chi connectivity index (χ2n) is 4.72. The molecule has 1 atom stereocenters. The number of aromatic amines is 1. The van der Waals surface area contributed by atoms with Crippen LogP contribution < -0.4 is 11.1 Å². The maximum Gasteiger partial charge on any atom is 0.253 e. The second kappa shape index (κ2) is 5.02. The highest BCUT2D eigenvalue weighted by Gasteiger charge is 2.15. The average Bonchev–Trinajstić information content (AvgIpc) is 3.07. The Balaban J connectivity index is 1.87. The van der Waals surface area contributed by atoms with Crippen molar-refractivity contribution in [3.8, 4) is 0 Å². The van der Waals surface area contributed by atoms with Crippen molar-refractivity contribution >= 4 is 33.8 Å².